The van der Waals surface area contributed by atoms with E-state index in [1.54, 1.807) is 0 Å². The first-order chi connectivity index (χ1) is 6.81. The minimum absolute atomic E-state index is 0.0912. The third-order valence-corrected chi connectivity index (χ3v) is 3.05. The summed E-state index contributed by atoms with van der Waals surface area (Å²) in [6.45, 7) is 5.85. The van der Waals surface area contributed by atoms with Gasteiger partial charge in [-0.1, -0.05) is 18.2 Å². The van der Waals surface area contributed by atoms with Gasteiger partial charge in [0.05, 0.1) is 12.2 Å². The molecule has 4 atom stereocenters. The van der Waals surface area contributed by atoms with Crippen molar-refractivity contribution in [1.29, 1.82) is 0 Å². The highest BCUT2D eigenvalue weighted by Crippen LogP contribution is 2.32. The zero-order valence-corrected chi connectivity index (χ0v) is 8.69. The van der Waals surface area contributed by atoms with E-state index >= 15 is 0 Å². The molecule has 1 aliphatic heterocycles. The molecule has 0 amide bonds. The molecule has 1 fully saturated rings. The molecule has 14 heavy (non-hydrogen) atoms. The van der Waals surface area contributed by atoms with Crippen molar-refractivity contribution in [2.24, 2.45) is 5.92 Å². The zero-order valence-electron chi connectivity index (χ0n) is 8.69. The van der Waals surface area contributed by atoms with Gasteiger partial charge in [0.25, 0.3) is 0 Å². The Morgan fingerprint density at radius 3 is 3.14 bits per heavy atom. The first-order valence-corrected chi connectivity index (χ1v) is 5.39. The van der Waals surface area contributed by atoms with E-state index in [2.05, 4.69) is 25.7 Å². The molecule has 0 aromatic carbocycles. The van der Waals surface area contributed by atoms with Crippen molar-refractivity contribution in [1.82, 2.24) is 0 Å². The summed E-state index contributed by atoms with van der Waals surface area (Å²) in [5, 5.41) is 0. The molecule has 0 saturated carbocycles. The Labute approximate surface area is 85.6 Å². The lowest BCUT2D eigenvalue weighted by Gasteiger charge is -2.41. The lowest BCUT2D eigenvalue weighted by atomic mass is 9.86. The summed E-state index contributed by atoms with van der Waals surface area (Å²) >= 11 is 0. The monoisotopic (exact) mass is 194 g/mol. The van der Waals surface area contributed by atoms with E-state index in [1.807, 2.05) is 6.08 Å². The van der Waals surface area contributed by atoms with Crippen LogP contribution in [0.25, 0.3) is 0 Å². The Balaban J connectivity index is 2.03. The smallest absolute Gasteiger partial charge is 0.162 e. The number of hydrogen-bond donors (Lipinski definition) is 0. The highest BCUT2D eigenvalue weighted by molar-refractivity contribution is 5.01. The zero-order chi connectivity index (χ0) is 9.97. The molecule has 0 N–H and O–H groups in total. The maximum absolute atomic E-state index is 5.82. The van der Waals surface area contributed by atoms with Crippen molar-refractivity contribution >= 4 is 0 Å². The molecular weight excluding hydrogens is 176 g/mol. The van der Waals surface area contributed by atoms with Crippen LogP contribution in [0.1, 0.15) is 26.2 Å². The van der Waals surface area contributed by atoms with Gasteiger partial charge in [-0.05, 0) is 19.8 Å². The third kappa shape index (κ3) is 1.91. The summed E-state index contributed by atoms with van der Waals surface area (Å²) in [7, 11) is 0. The Morgan fingerprint density at radius 2 is 2.36 bits per heavy atom. The van der Waals surface area contributed by atoms with E-state index in [0.717, 1.165) is 12.8 Å². The van der Waals surface area contributed by atoms with E-state index in [4.69, 9.17) is 9.47 Å². The average Bonchev–Trinajstić information content (AvgIpc) is 2.18. The third-order valence-electron chi connectivity index (χ3n) is 3.05. The summed E-state index contributed by atoms with van der Waals surface area (Å²) in [5.41, 5.74) is 0. The Bertz CT molecular complexity index is 234. The molecule has 0 radical (unpaired) electrons. The van der Waals surface area contributed by atoms with Crippen LogP contribution < -0.4 is 0 Å². The van der Waals surface area contributed by atoms with Gasteiger partial charge >= 0.3 is 0 Å². The van der Waals surface area contributed by atoms with E-state index in [1.165, 1.54) is 6.42 Å². The number of hydrogen-bond acceptors (Lipinski definition) is 2. The summed E-state index contributed by atoms with van der Waals surface area (Å²) in [4.78, 5) is 0. The second-order valence-electron chi connectivity index (χ2n) is 4.07. The number of ether oxygens (including phenoxy) is 2. The second kappa shape index (κ2) is 4.28. The van der Waals surface area contributed by atoms with Gasteiger partial charge in [-0.2, -0.15) is 0 Å². The van der Waals surface area contributed by atoms with E-state index < -0.39 is 0 Å². The SMILES string of the molecule is C=CCC1OC(C)C2CCC=CC2O1. The standard InChI is InChI=1S/C12H18O2/c1-3-6-12-13-9(2)10-7-4-5-8-11(10)14-12/h3,5,8-12H,1,4,6-7H2,2H3. The second-order valence-corrected chi connectivity index (χ2v) is 4.07. The van der Waals surface area contributed by atoms with Crippen LogP contribution in [0.15, 0.2) is 24.8 Å². The highest BCUT2D eigenvalue weighted by atomic mass is 16.7. The van der Waals surface area contributed by atoms with Crippen molar-refractivity contribution in [2.45, 2.75) is 44.7 Å². The Kier molecular flexibility index (Phi) is 3.04. The fourth-order valence-corrected chi connectivity index (χ4v) is 2.27. The van der Waals surface area contributed by atoms with Crippen LogP contribution in [0.5, 0.6) is 0 Å². The van der Waals surface area contributed by atoms with Crippen LogP contribution in [-0.2, 0) is 9.47 Å². The van der Waals surface area contributed by atoms with Crippen LogP contribution in [0.3, 0.4) is 0 Å². The van der Waals surface area contributed by atoms with Gasteiger partial charge in [0.1, 0.15) is 0 Å². The van der Waals surface area contributed by atoms with E-state index in [0.29, 0.717) is 12.0 Å². The first kappa shape index (κ1) is 9.94. The molecule has 0 aromatic rings. The molecule has 2 heteroatoms. The fourth-order valence-electron chi connectivity index (χ4n) is 2.27. The van der Waals surface area contributed by atoms with Crippen LogP contribution in [0.4, 0.5) is 0 Å². The molecule has 0 spiro atoms. The molecule has 78 valence electrons. The molecule has 2 rings (SSSR count). The number of rotatable bonds is 2. The molecule has 2 nitrogen and oxygen atoms in total. The minimum Gasteiger partial charge on any atom is -0.349 e. The fraction of sp³-hybridized carbons (Fsp3) is 0.667. The molecular formula is C12H18O2. The van der Waals surface area contributed by atoms with E-state index in [9.17, 15) is 0 Å². The molecule has 2 aliphatic rings. The van der Waals surface area contributed by atoms with Crippen molar-refractivity contribution in [3.8, 4) is 0 Å². The minimum atomic E-state index is -0.0912. The summed E-state index contributed by atoms with van der Waals surface area (Å²) in [6.07, 6.45) is 9.85. The van der Waals surface area contributed by atoms with Gasteiger partial charge in [0.15, 0.2) is 6.29 Å². The molecule has 1 saturated heterocycles. The number of allylic oxidation sites excluding steroid dienone is 1. The summed E-state index contributed by atoms with van der Waals surface area (Å²) in [5.74, 6) is 0.543. The largest absolute Gasteiger partial charge is 0.349 e. The van der Waals surface area contributed by atoms with Gasteiger partial charge in [-0.3, -0.25) is 0 Å². The number of fused-ring (bicyclic) bond motifs is 1. The maximum atomic E-state index is 5.82. The van der Waals surface area contributed by atoms with Crippen molar-refractivity contribution in [3.05, 3.63) is 24.8 Å². The summed E-state index contributed by atoms with van der Waals surface area (Å²) < 4.78 is 11.6. The van der Waals surface area contributed by atoms with Gasteiger partial charge in [0.2, 0.25) is 0 Å². The molecule has 0 bridgehead atoms. The van der Waals surface area contributed by atoms with Crippen LogP contribution in [0.2, 0.25) is 0 Å². The lowest BCUT2D eigenvalue weighted by Crippen LogP contribution is -2.44. The first-order valence-electron chi connectivity index (χ1n) is 5.39. The van der Waals surface area contributed by atoms with Gasteiger partial charge in [0, 0.05) is 12.3 Å². The maximum Gasteiger partial charge on any atom is 0.162 e. The van der Waals surface area contributed by atoms with Crippen LogP contribution >= 0.6 is 0 Å². The topological polar surface area (TPSA) is 18.5 Å². The molecule has 4 unspecified atom stereocenters. The van der Waals surface area contributed by atoms with E-state index in [-0.39, 0.29) is 12.4 Å². The average molecular weight is 194 g/mol. The van der Waals surface area contributed by atoms with Crippen molar-refractivity contribution in [3.63, 3.8) is 0 Å². The molecule has 0 aromatic heterocycles. The Morgan fingerprint density at radius 1 is 1.50 bits per heavy atom. The predicted molar refractivity (Wildman–Crippen MR) is 55.9 cm³/mol. The van der Waals surface area contributed by atoms with Crippen LogP contribution in [0, 0.1) is 5.92 Å². The van der Waals surface area contributed by atoms with Gasteiger partial charge < -0.3 is 9.47 Å². The quantitative estimate of drug-likeness (QED) is 0.629. The molecule has 1 heterocycles. The van der Waals surface area contributed by atoms with Crippen LogP contribution in [-0.4, -0.2) is 18.5 Å². The normalized spacial score (nSPS) is 41.8. The van der Waals surface area contributed by atoms with Crippen molar-refractivity contribution in [2.75, 3.05) is 0 Å². The van der Waals surface area contributed by atoms with Crippen molar-refractivity contribution < 1.29 is 9.47 Å². The molecule has 1 aliphatic carbocycles. The highest BCUT2D eigenvalue weighted by Gasteiger charge is 2.35. The van der Waals surface area contributed by atoms with Gasteiger partial charge in [-0.25, -0.2) is 0 Å². The van der Waals surface area contributed by atoms with Gasteiger partial charge in [-0.15, -0.1) is 6.58 Å². The Hall–Kier alpha value is -0.600. The lowest BCUT2D eigenvalue weighted by molar-refractivity contribution is -0.252. The summed E-state index contributed by atoms with van der Waals surface area (Å²) in [6, 6.07) is 0. The predicted octanol–water partition coefficient (Wildman–Crippen LogP) is 2.66.